The number of hydrogen-bond acceptors (Lipinski definition) is 2. The van der Waals surface area contributed by atoms with Crippen LogP contribution in [0.4, 0.5) is 0 Å². The van der Waals surface area contributed by atoms with Crippen molar-refractivity contribution in [3.8, 4) is 0 Å². The van der Waals surface area contributed by atoms with E-state index < -0.39 is 0 Å². The van der Waals surface area contributed by atoms with Crippen molar-refractivity contribution in [1.29, 1.82) is 0 Å². The molecular formula is C16H24N2. The van der Waals surface area contributed by atoms with Crippen LogP contribution < -0.4 is 5.32 Å². The number of piperidine rings is 1. The van der Waals surface area contributed by atoms with E-state index in [0.717, 1.165) is 18.5 Å². The van der Waals surface area contributed by atoms with Crippen LogP contribution in [0.1, 0.15) is 31.2 Å². The largest absolute Gasteiger partial charge is 0.314 e. The minimum Gasteiger partial charge on any atom is -0.314 e. The molecule has 0 aromatic heterocycles. The average molecular weight is 244 g/mol. The smallest absolute Gasteiger partial charge is 0.0233 e. The minimum absolute atomic E-state index is 0.795. The molecule has 2 heteroatoms. The van der Waals surface area contributed by atoms with Gasteiger partial charge >= 0.3 is 0 Å². The Bertz CT molecular complexity index is 357. The number of nitrogens with zero attached hydrogens (tertiary/aromatic N) is 1. The molecule has 2 atom stereocenters. The van der Waals surface area contributed by atoms with Gasteiger partial charge in [0.2, 0.25) is 0 Å². The molecule has 2 heterocycles. The monoisotopic (exact) mass is 244 g/mol. The quantitative estimate of drug-likeness (QED) is 0.879. The van der Waals surface area contributed by atoms with E-state index in [0.29, 0.717) is 0 Å². The lowest BCUT2D eigenvalue weighted by Gasteiger charge is -2.35. The van der Waals surface area contributed by atoms with Gasteiger partial charge in [0.05, 0.1) is 0 Å². The molecule has 2 aliphatic heterocycles. The van der Waals surface area contributed by atoms with Gasteiger partial charge in [0, 0.05) is 19.1 Å². The molecule has 0 aliphatic carbocycles. The molecule has 0 bridgehead atoms. The van der Waals surface area contributed by atoms with Crippen LogP contribution in [0.2, 0.25) is 0 Å². The van der Waals surface area contributed by atoms with E-state index in [2.05, 4.69) is 40.5 Å². The SMILES string of the molecule is c1ccc(CN2CCC[C@H]([C@H]3CCCN3)C2)cc1. The van der Waals surface area contributed by atoms with Gasteiger partial charge in [-0.15, -0.1) is 0 Å². The lowest BCUT2D eigenvalue weighted by Crippen LogP contribution is -2.43. The average Bonchev–Trinajstić information content (AvgIpc) is 2.94. The van der Waals surface area contributed by atoms with Gasteiger partial charge in [0.25, 0.3) is 0 Å². The van der Waals surface area contributed by atoms with Crippen LogP contribution in [0.15, 0.2) is 30.3 Å². The molecule has 2 fully saturated rings. The molecular weight excluding hydrogens is 220 g/mol. The Kier molecular flexibility index (Phi) is 3.96. The summed E-state index contributed by atoms with van der Waals surface area (Å²) in [6.45, 7) is 4.93. The van der Waals surface area contributed by atoms with Gasteiger partial charge in [-0.05, 0) is 50.3 Å². The Labute approximate surface area is 110 Å². The molecule has 1 aromatic carbocycles. The summed E-state index contributed by atoms with van der Waals surface area (Å²) in [6, 6.07) is 11.7. The third-order valence-corrected chi connectivity index (χ3v) is 4.46. The minimum atomic E-state index is 0.795. The molecule has 0 spiro atoms. The normalized spacial score (nSPS) is 29.6. The molecule has 0 radical (unpaired) electrons. The summed E-state index contributed by atoms with van der Waals surface area (Å²) in [5, 5.41) is 3.68. The number of benzene rings is 1. The molecule has 0 unspecified atom stereocenters. The van der Waals surface area contributed by atoms with E-state index in [9.17, 15) is 0 Å². The summed E-state index contributed by atoms with van der Waals surface area (Å²) in [5.41, 5.74) is 1.46. The molecule has 98 valence electrons. The predicted molar refractivity (Wildman–Crippen MR) is 75.5 cm³/mol. The van der Waals surface area contributed by atoms with Crippen molar-refractivity contribution in [2.45, 2.75) is 38.3 Å². The highest BCUT2D eigenvalue weighted by atomic mass is 15.1. The van der Waals surface area contributed by atoms with Gasteiger partial charge in [-0.2, -0.15) is 0 Å². The van der Waals surface area contributed by atoms with Crippen LogP contribution in [0.3, 0.4) is 0 Å². The van der Waals surface area contributed by atoms with Crippen molar-refractivity contribution in [3.05, 3.63) is 35.9 Å². The fraction of sp³-hybridized carbons (Fsp3) is 0.625. The highest BCUT2D eigenvalue weighted by Gasteiger charge is 2.28. The second-order valence-corrected chi connectivity index (χ2v) is 5.83. The van der Waals surface area contributed by atoms with Crippen LogP contribution in [0.25, 0.3) is 0 Å². The topological polar surface area (TPSA) is 15.3 Å². The predicted octanol–water partition coefficient (Wildman–Crippen LogP) is 2.65. The summed E-state index contributed by atoms with van der Waals surface area (Å²) in [4.78, 5) is 2.64. The third kappa shape index (κ3) is 2.93. The summed E-state index contributed by atoms with van der Waals surface area (Å²) in [6.07, 6.45) is 5.56. The molecule has 1 aromatic rings. The molecule has 2 saturated heterocycles. The highest BCUT2D eigenvalue weighted by molar-refractivity contribution is 5.14. The van der Waals surface area contributed by atoms with E-state index in [4.69, 9.17) is 0 Å². The Balaban J connectivity index is 1.56. The van der Waals surface area contributed by atoms with Crippen molar-refractivity contribution in [1.82, 2.24) is 10.2 Å². The number of hydrogen-bond donors (Lipinski definition) is 1. The first-order valence-electron chi connectivity index (χ1n) is 7.41. The molecule has 2 aliphatic rings. The fourth-order valence-corrected chi connectivity index (χ4v) is 3.52. The van der Waals surface area contributed by atoms with E-state index in [1.165, 1.54) is 50.9 Å². The molecule has 0 saturated carbocycles. The Hall–Kier alpha value is -0.860. The molecule has 3 rings (SSSR count). The standard InChI is InChI=1S/C16H24N2/c1-2-6-14(7-3-1)12-18-11-5-8-15(13-18)16-9-4-10-17-16/h1-3,6-7,15-17H,4-5,8-13H2/t15-,16+/m0/s1. The van der Waals surface area contributed by atoms with Gasteiger partial charge in [-0.3, -0.25) is 4.90 Å². The van der Waals surface area contributed by atoms with Gasteiger partial charge in [0.1, 0.15) is 0 Å². The zero-order chi connectivity index (χ0) is 12.2. The lowest BCUT2D eigenvalue weighted by atomic mass is 9.89. The van der Waals surface area contributed by atoms with E-state index in [-0.39, 0.29) is 0 Å². The summed E-state index contributed by atoms with van der Waals surface area (Å²) < 4.78 is 0. The van der Waals surface area contributed by atoms with Crippen LogP contribution in [-0.4, -0.2) is 30.6 Å². The maximum atomic E-state index is 3.68. The first-order chi connectivity index (χ1) is 8.92. The maximum absolute atomic E-state index is 3.68. The highest BCUT2D eigenvalue weighted by Crippen LogP contribution is 2.25. The van der Waals surface area contributed by atoms with E-state index in [1.807, 2.05) is 0 Å². The first kappa shape index (κ1) is 12.2. The number of likely N-dealkylation sites (tertiary alicyclic amines) is 1. The van der Waals surface area contributed by atoms with Gasteiger partial charge < -0.3 is 5.32 Å². The van der Waals surface area contributed by atoms with Crippen molar-refractivity contribution >= 4 is 0 Å². The van der Waals surface area contributed by atoms with Gasteiger partial charge in [-0.25, -0.2) is 0 Å². The second-order valence-electron chi connectivity index (χ2n) is 5.83. The Morgan fingerprint density at radius 1 is 1.11 bits per heavy atom. The van der Waals surface area contributed by atoms with Crippen molar-refractivity contribution < 1.29 is 0 Å². The Morgan fingerprint density at radius 3 is 2.78 bits per heavy atom. The maximum Gasteiger partial charge on any atom is 0.0233 e. The summed E-state index contributed by atoms with van der Waals surface area (Å²) in [7, 11) is 0. The van der Waals surface area contributed by atoms with E-state index >= 15 is 0 Å². The van der Waals surface area contributed by atoms with Crippen LogP contribution in [0, 0.1) is 5.92 Å². The first-order valence-corrected chi connectivity index (χ1v) is 7.41. The number of nitrogens with one attached hydrogen (secondary N) is 1. The fourth-order valence-electron chi connectivity index (χ4n) is 3.52. The van der Waals surface area contributed by atoms with Gasteiger partial charge in [-0.1, -0.05) is 30.3 Å². The van der Waals surface area contributed by atoms with Crippen molar-refractivity contribution in [2.24, 2.45) is 5.92 Å². The van der Waals surface area contributed by atoms with E-state index in [1.54, 1.807) is 0 Å². The second kappa shape index (κ2) is 5.85. The van der Waals surface area contributed by atoms with Crippen LogP contribution >= 0.6 is 0 Å². The lowest BCUT2D eigenvalue weighted by molar-refractivity contribution is 0.145. The zero-order valence-electron chi connectivity index (χ0n) is 11.1. The van der Waals surface area contributed by atoms with Crippen LogP contribution in [-0.2, 0) is 6.54 Å². The van der Waals surface area contributed by atoms with Crippen molar-refractivity contribution in [3.63, 3.8) is 0 Å². The molecule has 1 N–H and O–H groups in total. The van der Waals surface area contributed by atoms with Crippen molar-refractivity contribution in [2.75, 3.05) is 19.6 Å². The molecule has 2 nitrogen and oxygen atoms in total. The van der Waals surface area contributed by atoms with Gasteiger partial charge in [0.15, 0.2) is 0 Å². The zero-order valence-corrected chi connectivity index (χ0v) is 11.1. The summed E-state index contributed by atoms with van der Waals surface area (Å²) in [5.74, 6) is 0.880. The summed E-state index contributed by atoms with van der Waals surface area (Å²) >= 11 is 0. The molecule has 18 heavy (non-hydrogen) atoms. The Morgan fingerprint density at radius 2 is 2.00 bits per heavy atom. The third-order valence-electron chi connectivity index (χ3n) is 4.46. The van der Waals surface area contributed by atoms with Crippen LogP contribution in [0.5, 0.6) is 0 Å². The molecule has 0 amide bonds. The number of rotatable bonds is 3.